The van der Waals surface area contributed by atoms with Crippen molar-refractivity contribution < 1.29 is 9.90 Å². The van der Waals surface area contributed by atoms with E-state index in [2.05, 4.69) is 17.1 Å². The molecule has 3 aromatic rings. The summed E-state index contributed by atoms with van der Waals surface area (Å²) < 4.78 is 1.99. The Balaban J connectivity index is 2.01. The minimum Gasteiger partial charge on any atom is -0.478 e. The smallest absolute Gasteiger partial charge is 0.337 e. The van der Waals surface area contributed by atoms with E-state index in [1.165, 1.54) is 5.56 Å². The summed E-state index contributed by atoms with van der Waals surface area (Å²) in [5.41, 5.74) is 2.98. The van der Waals surface area contributed by atoms with E-state index in [1.54, 1.807) is 12.1 Å². The number of benzene rings is 2. The second kappa shape index (κ2) is 5.40. The lowest BCUT2D eigenvalue weighted by Gasteiger charge is -2.08. The summed E-state index contributed by atoms with van der Waals surface area (Å²) in [6, 6.07) is 15.4. The fourth-order valence-corrected chi connectivity index (χ4v) is 2.63. The maximum absolute atomic E-state index is 11.4. The topological polar surface area (TPSA) is 55.1 Å². The van der Waals surface area contributed by atoms with E-state index >= 15 is 0 Å². The second-order valence-corrected chi connectivity index (χ2v) is 5.02. The van der Waals surface area contributed by atoms with Gasteiger partial charge in [-0.3, -0.25) is 0 Å². The van der Waals surface area contributed by atoms with Crippen LogP contribution < -0.4 is 0 Å². The number of imidazole rings is 1. The second-order valence-electron chi connectivity index (χ2n) is 5.02. The number of aryl methyl sites for hydroxylation is 3. The molecule has 106 valence electrons. The molecule has 0 saturated heterocycles. The number of carboxylic acid groups (broad SMARTS) is 1. The highest BCUT2D eigenvalue weighted by atomic mass is 16.4. The molecule has 0 aliphatic rings. The molecule has 1 heterocycles. The van der Waals surface area contributed by atoms with Gasteiger partial charge in [0.2, 0.25) is 0 Å². The number of rotatable bonds is 4. The number of carboxylic acids is 1. The Morgan fingerprint density at radius 1 is 1.14 bits per heavy atom. The molecule has 0 spiro atoms. The van der Waals surface area contributed by atoms with Crippen LogP contribution in [0.3, 0.4) is 0 Å². The summed E-state index contributed by atoms with van der Waals surface area (Å²) in [6.07, 6.45) is 0.848. The van der Waals surface area contributed by atoms with Crippen molar-refractivity contribution in [2.45, 2.75) is 19.9 Å². The third-order valence-electron chi connectivity index (χ3n) is 3.65. The van der Waals surface area contributed by atoms with Gasteiger partial charge in [-0.15, -0.1) is 0 Å². The zero-order valence-electron chi connectivity index (χ0n) is 11.8. The van der Waals surface area contributed by atoms with Gasteiger partial charge >= 0.3 is 5.97 Å². The van der Waals surface area contributed by atoms with Gasteiger partial charge in [-0.05, 0) is 31.0 Å². The quantitative estimate of drug-likeness (QED) is 0.798. The van der Waals surface area contributed by atoms with E-state index in [0.717, 1.165) is 24.3 Å². The van der Waals surface area contributed by atoms with Gasteiger partial charge in [0.05, 0.1) is 16.6 Å². The molecular formula is C17H16N2O2. The molecule has 0 saturated carbocycles. The van der Waals surface area contributed by atoms with Gasteiger partial charge in [0.15, 0.2) is 0 Å². The lowest BCUT2D eigenvalue weighted by Crippen LogP contribution is -2.07. The summed E-state index contributed by atoms with van der Waals surface area (Å²) in [4.78, 5) is 15.9. The van der Waals surface area contributed by atoms with Gasteiger partial charge in [-0.25, -0.2) is 9.78 Å². The van der Waals surface area contributed by atoms with Crippen LogP contribution in [0.15, 0.2) is 48.5 Å². The fraction of sp³-hybridized carbons (Fsp3) is 0.176. The summed E-state index contributed by atoms with van der Waals surface area (Å²) in [5, 5.41) is 9.36. The molecule has 0 unspecified atom stereocenters. The Morgan fingerprint density at radius 2 is 1.90 bits per heavy atom. The van der Waals surface area contributed by atoms with Gasteiger partial charge in [-0.1, -0.05) is 36.4 Å². The first-order chi connectivity index (χ1) is 10.2. The molecule has 0 radical (unpaired) electrons. The molecule has 3 rings (SSSR count). The van der Waals surface area contributed by atoms with E-state index in [9.17, 15) is 9.90 Å². The number of para-hydroxylation sites is 1. The minimum absolute atomic E-state index is 0.307. The van der Waals surface area contributed by atoms with Crippen LogP contribution in [0.1, 0.15) is 21.7 Å². The SMILES string of the molecule is Cc1nc2cccc(C(=O)O)c2n1CCc1ccccc1. The Hall–Kier alpha value is -2.62. The van der Waals surface area contributed by atoms with Crippen molar-refractivity contribution in [2.75, 3.05) is 0 Å². The number of hydrogen-bond acceptors (Lipinski definition) is 2. The molecule has 1 aromatic heterocycles. The van der Waals surface area contributed by atoms with Crippen LogP contribution in [0, 0.1) is 6.92 Å². The first kappa shape index (κ1) is 13.4. The Bertz CT molecular complexity index is 791. The van der Waals surface area contributed by atoms with Gasteiger partial charge in [0.25, 0.3) is 0 Å². The minimum atomic E-state index is -0.915. The number of nitrogens with zero attached hydrogens (tertiary/aromatic N) is 2. The molecule has 1 N–H and O–H groups in total. The molecule has 4 nitrogen and oxygen atoms in total. The van der Waals surface area contributed by atoms with Crippen LogP contribution in [0.25, 0.3) is 11.0 Å². The molecule has 0 fully saturated rings. The van der Waals surface area contributed by atoms with Gasteiger partial charge in [-0.2, -0.15) is 0 Å². The van der Waals surface area contributed by atoms with Crippen molar-refractivity contribution in [1.82, 2.24) is 9.55 Å². The van der Waals surface area contributed by atoms with Crippen molar-refractivity contribution in [2.24, 2.45) is 0 Å². The van der Waals surface area contributed by atoms with Crippen molar-refractivity contribution >= 4 is 17.0 Å². The summed E-state index contributed by atoms with van der Waals surface area (Å²) in [7, 11) is 0. The lowest BCUT2D eigenvalue weighted by molar-refractivity contribution is 0.0698. The number of carbonyl (C=O) groups is 1. The molecule has 0 aliphatic carbocycles. The third-order valence-corrected chi connectivity index (χ3v) is 3.65. The highest BCUT2D eigenvalue weighted by molar-refractivity contribution is 6.01. The molecule has 2 aromatic carbocycles. The van der Waals surface area contributed by atoms with E-state index in [4.69, 9.17) is 0 Å². The van der Waals surface area contributed by atoms with Gasteiger partial charge in [0, 0.05) is 6.54 Å². The van der Waals surface area contributed by atoms with Crippen LogP contribution in [0.4, 0.5) is 0 Å². The van der Waals surface area contributed by atoms with Crippen LogP contribution in [0.5, 0.6) is 0 Å². The Kier molecular flexibility index (Phi) is 3.44. The van der Waals surface area contributed by atoms with Crippen LogP contribution in [-0.4, -0.2) is 20.6 Å². The van der Waals surface area contributed by atoms with E-state index < -0.39 is 5.97 Å². The monoisotopic (exact) mass is 280 g/mol. The highest BCUT2D eigenvalue weighted by Gasteiger charge is 2.15. The van der Waals surface area contributed by atoms with Crippen molar-refractivity contribution in [3.63, 3.8) is 0 Å². The largest absolute Gasteiger partial charge is 0.478 e. The van der Waals surface area contributed by atoms with Gasteiger partial charge < -0.3 is 9.67 Å². The molecule has 0 atom stereocenters. The Morgan fingerprint density at radius 3 is 2.62 bits per heavy atom. The third kappa shape index (κ3) is 2.52. The number of aromatic carboxylic acids is 1. The van der Waals surface area contributed by atoms with Crippen molar-refractivity contribution in [3.8, 4) is 0 Å². The predicted octanol–water partition coefficient (Wildman–Crippen LogP) is 3.29. The van der Waals surface area contributed by atoms with E-state index in [-0.39, 0.29) is 0 Å². The number of fused-ring (bicyclic) bond motifs is 1. The van der Waals surface area contributed by atoms with E-state index in [0.29, 0.717) is 11.1 Å². The summed E-state index contributed by atoms with van der Waals surface area (Å²) in [5.74, 6) is -0.0731. The first-order valence-electron chi connectivity index (χ1n) is 6.90. The van der Waals surface area contributed by atoms with Crippen LogP contribution >= 0.6 is 0 Å². The van der Waals surface area contributed by atoms with Crippen LogP contribution in [0.2, 0.25) is 0 Å². The van der Waals surface area contributed by atoms with Crippen molar-refractivity contribution in [1.29, 1.82) is 0 Å². The van der Waals surface area contributed by atoms with E-state index in [1.807, 2.05) is 35.8 Å². The molecular weight excluding hydrogens is 264 g/mol. The molecule has 0 bridgehead atoms. The van der Waals surface area contributed by atoms with Gasteiger partial charge in [0.1, 0.15) is 5.82 Å². The Labute approximate surface area is 122 Å². The normalized spacial score (nSPS) is 10.9. The fourth-order valence-electron chi connectivity index (χ4n) is 2.63. The molecule has 0 aliphatic heterocycles. The summed E-state index contributed by atoms with van der Waals surface area (Å²) in [6.45, 7) is 2.63. The molecule has 0 amide bonds. The maximum atomic E-state index is 11.4. The molecule has 4 heteroatoms. The highest BCUT2D eigenvalue weighted by Crippen LogP contribution is 2.21. The zero-order chi connectivity index (χ0) is 14.8. The average molecular weight is 280 g/mol. The molecule has 21 heavy (non-hydrogen) atoms. The number of aromatic nitrogens is 2. The lowest BCUT2D eigenvalue weighted by atomic mass is 10.1. The zero-order valence-corrected chi connectivity index (χ0v) is 11.8. The number of hydrogen-bond donors (Lipinski definition) is 1. The average Bonchev–Trinajstić information content (AvgIpc) is 2.81. The predicted molar refractivity (Wildman–Crippen MR) is 81.6 cm³/mol. The van der Waals surface area contributed by atoms with Crippen molar-refractivity contribution in [3.05, 3.63) is 65.5 Å². The van der Waals surface area contributed by atoms with Crippen LogP contribution in [-0.2, 0) is 13.0 Å². The standard InChI is InChI=1S/C17H16N2O2/c1-12-18-15-9-5-8-14(17(20)21)16(15)19(12)11-10-13-6-3-2-4-7-13/h2-9H,10-11H2,1H3,(H,20,21). The first-order valence-corrected chi connectivity index (χ1v) is 6.90. The maximum Gasteiger partial charge on any atom is 0.337 e. The summed E-state index contributed by atoms with van der Waals surface area (Å²) >= 11 is 0.